The van der Waals surface area contributed by atoms with Crippen LogP contribution < -0.4 is 11.1 Å². The van der Waals surface area contributed by atoms with Gasteiger partial charge in [-0.2, -0.15) is 0 Å². The average Bonchev–Trinajstić information content (AvgIpc) is 2.43. The summed E-state index contributed by atoms with van der Waals surface area (Å²) in [5.74, 6) is 0.109. The predicted octanol–water partition coefficient (Wildman–Crippen LogP) is 1.52. The summed E-state index contributed by atoms with van der Waals surface area (Å²) in [5, 5.41) is 2.91. The maximum Gasteiger partial charge on any atom is 0.195 e. The lowest BCUT2D eigenvalue weighted by Gasteiger charge is -2.15. The van der Waals surface area contributed by atoms with Gasteiger partial charge in [0.1, 0.15) is 0 Å². The van der Waals surface area contributed by atoms with Crippen LogP contribution in [0.15, 0.2) is 36.2 Å². The van der Waals surface area contributed by atoms with Crippen LogP contribution in [0.25, 0.3) is 0 Å². The normalized spacial score (nSPS) is 16.1. The van der Waals surface area contributed by atoms with Gasteiger partial charge >= 0.3 is 0 Å². The molecule has 4 heteroatoms. The Labute approximate surface area is 96.5 Å². The first-order valence-electron chi connectivity index (χ1n) is 4.72. The fourth-order valence-corrected chi connectivity index (χ4v) is 1.09. The Morgan fingerprint density at radius 3 is 2.60 bits per heavy atom. The second-order valence-electron chi connectivity index (χ2n) is 3.60. The highest BCUT2D eigenvalue weighted by molar-refractivity contribution is 5.99. The molecule has 1 rings (SSSR count). The van der Waals surface area contributed by atoms with Crippen molar-refractivity contribution in [3.63, 3.8) is 0 Å². The summed E-state index contributed by atoms with van der Waals surface area (Å²) in [6.07, 6.45) is 8.97. The Kier molecular flexibility index (Phi) is 5.97. The van der Waals surface area contributed by atoms with Crippen LogP contribution in [0.4, 0.5) is 0 Å². The number of nitrogens with one attached hydrogen (secondary N) is 1. The Morgan fingerprint density at radius 2 is 2.00 bits per heavy atom. The molecule has 1 aliphatic rings. The fourth-order valence-electron chi connectivity index (χ4n) is 1.09. The fraction of sp³-hybridized carbons (Fsp3) is 0.364. The predicted molar refractivity (Wildman–Crippen MR) is 64.6 cm³/mol. The van der Waals surface area contributed by atoms with Crippen molar-refractivity contribution in [2.24, 2.45) is 11.7 Å². The first kappa shape index (κ1) is 13.9. The maximum atomic E-state index is 11.8. The SMILES string of the molecule is CC(C)[C@H](N)C(=O)C1=CC=CC=CN1.Cl. The monoisotopic (exact) mass is 228 g/mol. The third kappa shape index (κ3) is 3.90. The third-order valence-corrected chi connectivity index (χ3v) is 2.11. The van der Waals surface area contributed by atoms with Crippen molar-refractivity contribution in [3.05, 3.63) is 36.2 Å². The number of rotatable bonds is 3. The van der Waals surface area contributed by atoms with E-state index < -0.39 is 6.04 Å². The van der Waals surface area contributed by atoms with Crippen molar-refractivity contribution >= 4 is 18.2 Å². The minimum Gasteiger partial charge on any atom is -0.359 e. The van der Waals surface area contributed by atoms with E-state index in [1.807, 2.05) is 32.1 Å². The Morgan fingerprint density at radius 1 is 1.33 bits per heavy atom. The third-order valence-electron chi connectivity index (χ3n) is 2.11. The molecule has 0 radical (unpaired) electrons. The van der Waals surface area contributed by atoms with Crippen LogP contribution in [0.3, 0.4) is 0 Å². The molecule has 1 heterocycles. The van der Waals surface area contributed by atoms with Gasteiger partial charge in [-0.05, 0) is 18.1 Å². The molecule has 0 unspecified atom stereocenters. The lowest BCUT2D eigenvalue weighted by molar-refractivity contribution is -0.117. The smallest absolute Gasteiger partial charge is 0.195 e. The van der Waals surface area contributed by atoms with Crippen molar-refractivity contribution < 1.29 is 4.79 Å². The number of allylic oxidation sites excluding steroid dienone is 4. The van der Waals surface area contributed by atoms with Crippen LogP contribution in [0.2, 0.25) is 0 Å². The highest BCUT2D eigenvalue weighted by atomic mass is 35.5. The Hall–Kier alpha value is -1.06. The molecule has 3 nitrogen and oxygen atoms in total. The summed E-state index contributed by atoms with van der Waals surface area (Å²) in [7, 11) is 0. The van der Waals surface area contributed by atoms with Crippen molar-refractivity contribution in [1.82, 2.24) is 5.32 Å². The van der Waals surface area contributed by atoms with Crippen LogP contribution in [0.5, 0.6) is 0 Å². The molecule has 0 fully saturated rings. The molecule has 15 heavy (non-hydrogen) atoms. The van der Waals surface area contributed by atoms with Crippen LogP contribution >= 0.6 is 12.4 Å². The summed E-state index contributed by atoms with van der Waals surface area (Å²) in [5.41, 5.74) is 6.32. The van der Waals surface area contributed by atoms with Crippen LogP contribution in [-0.2, 0) is 4.79 Å². The van der Waals surface area contributed by atoms with E-state index in [9.17, 15) is 4.79 Å². The summed E-state index contributed by atoms with van der Waals surface area (Å²) in [6.45, 7) is 3.87. The van der Waals surface area contributed by atoms with Gasteiger partial charge in [0.15, 0.2) is 5.78 Å². The minimum atomic E-state index is -0.436. The van der Waals surface area contributed by atoms with Crippen molar-refractivity contribution in [2.75, 3.05) is 0 Å². The van der Waals surface area contributed by atoms with Gasteiger partial charge in [-0.15, -0.1) is 12.4 Å². The van der Waals surface area contributed by atoms with Gasteiger partial charge in [-0.3, -0.25) is 4.79 Å². The van der Waals surface area contributed by atoms with E-state index in [1.54, 1.807) is 12.3 Å². The zero-order valence-corrected chi connectivity index (χ0v) is 9.75. The topological polar surface area (TPSA) is 55.1 Å². The molecule has 0 aromatic rings. The summed E-state index contributed by atoms with van der Waals surface area (Å²) >= 11 is 0. The number of nitrogens with two attached hydrogens (primary N) is 1. The number of hydrogen-bond donors (Lipinski definition) is 2. The second kappa shape index (κ2) is 6.43. The molecule has 3 N–H and O–H groups in total. The number of carbonyl (C=O) groups excluding carboxylic acids is 1. The van der Waals surface area contributed by atoms with Gasteiger partial charge in [0.25, 0.3) is 0 Å². The van der Waals surface area contributed by atoms with Gasteiger partial charge in [-0.1, -0.05) is 26.0 Å². The van der Waals surface area contributed by atoms with Crippen LogP contribution in [0, 0.1) is 5.92 Å². The zero-order chi connectivity index (χ0) is 10.6. The Bertz CT molecular complexity index is 306. The second-order valence-corrected chi connectivity index (χ2v) is 3.60. The van der Waals surface area contributed by atoms with E-state index in [0.717, 1.165) is 0 Å². The molecular formula is C11H17ClN2O. The maximum absolute atomic E-state index is 11.8. The molecule has 1 aliphatic heterocycles. The minimum absolute atomic E-state index is 0. The van der Waals surface area contributed by atoms with E-state index in [-0.39, 0.29) is 24.1 Å². The Balaban J connectivity index is 0.00000196. The van der Waals surface area contributed by atoms with Crippen molar-refractivity contribution in [1.29, 1.82) is 0 Å². The van der Waals surface area contributed by atoms with E-state index in [1.165, 1.54) is 0 Å². The molecule has 84 valence electrons. The van der Waals surface area contributed by atoms with E-state index >= 15 is 0 Å². The first-order chi connectivity index (χ1) is 6.63. The van der Waals surface area contributed by atoms with Crippen molar-refractivity contribution in [2.45, 2.75) is 19.9 Å². The number of ketones is 1. The van der Waals surface area contributed by atoms with Crippen molar-refractivity contribution in [3.8, 4) is 0 Å². The number of halogens is 1. The molecule has 0 bridgehead atoms. The van der Waals surface area contributed by atoms with Gasteiger partial charge < -0.3 is 11.1 Å². The van der Waals surface area contributed by atoms with Crippen LogP contribution in [-0.4, -0.2) is 11.8 Å². The molecule has 0 aromatic carbocycles. The molecular weight excluding hydrogens is 212 g/mol. The zero-order valence-electron chi connectivity index (χ0n) is 8.94. The largest absolute Gasteiger partial charge is 0.359 e. The van der Waals surface area contributed by atoms with E-state index in [0.29, 0.717) is 5.70 Å². The highest BCUT2D eigenvalue weighted by Crippen LogP contribution is 2.06. The van der Waals surface area contributed by atoms with Gasteiger partial charge in [0.2, 0.25) is 0 Å². The molecule has 0 aromatic heterocycles. The quantitative estimate of drug-likeness (QED) is 0.770. The molecule has 0 saturated heterocycles. The molecule has 0 spiro atoms. The lowest BCUT2D eigenvalue weighted by Crippen LogP contribution is -2.38. The van der Waals surface area contributed by atoms with Gasteiger partial charge in [0.05, 0.1) is 11.7 Å². The van der Waals surface area contributed by atoms with Gasteiger partial charge in [0, 0.05) is 6.20 Å². The van der Waals surface area contributed by atoms with Crippen LogP contribution in [0.1, 0.15) is 13.8 Å². The molecule has 0 saturated carbocycles. The summed E-state index contributed by atoms with van der Waals surface area (Å²) in [6, 6.07) is -0.436. The van der Waals surface area contributed by atoms with E-state index in [4.69, 9.17) is 5.73 Å². The average molecular weight is 229 g/mol. The van der Waals surface area contributed by atoms with E-state index in [2.05, 4.69) is 5.32 Å². The first-order valence-corrected chi connectivity index (χ1v) is 4.72. The molecule has 0 amide bonds. The molecule has 1 atom stereocenters. The molecule has 0 aliphatic carbocycles. The lowest BCUT2D eigenvalue weighted by atomic mass is 9.99. The summed E-state index contributed by atoms with van der Waals surface area (Å²) < 4.78 is 0. The number of Topliss-reactive ketones (excluding diaryl/α,β-unsaturated/α-hetero) is 1. The van der Waals surface area contributed by atoms with Gasteiger partial charge in [-0.25, -0.2) is 0 Å². The summed E-state index contributed by atoms with van der Waals surface area (Å²) in [4.78, 5) is 11.8. The standard InChI is InChI=1S/C11H16N2O.ClH/c1-8(2)10(12)11(14)9-6-4-3-5-7-13-9;/h3-8,10,13H,12H2,1-2H3;1H/t10-;/m0./s1. The number of hydrogen-bond acceptors (Lipinski definition) is 3. The highest BCUT2D eigenvalue weighted by Gasteiger charge is 2.20. The number of carbonyl (C=O) groups is 1.